The fourth-order valence-corrected chi connectivity index (χ4v) is 3.35. The summed E-state index contributed by atoms with van der Waals surface area (Å²) in [5.41, 5.74) is 3.95. The van der Waals surface area contributed by atoms with Crippen LogP contribution >= 0.6 is 11.6 Å². The van der Waals surface area contributed by atoms with Crippen LogP contribution in [0.4, 0.5) is 5.69 Å². The number of halogens is 1. The summed E-state index contributed by atoms with van der Waals surface area (Å²) in [6.07, 6.45) is 0.182. The van der Waals surface area contributed by atoms with Crippen LogP contribution in [0.3, 0.4) is 0 Å². The van der Waals surface area contributed by atoms with Crippen LogP contribution in [0, 0.1) is 13.8 Å². The molecule has 2 aromatic heterocycles. The molecule has 152 valence electrons. The van der Waals surface area contributed by atoms with Gasteiger partial charge in [0.2, 0.25) is 5.91 Å². The summed E-state index contributed by atoms with van der Waals surface area (Å²) < 4.78 is 6.88. The van der Waals surface area contributed by atoms with Crippen molar-refractivity contribution in [3.05, 3.63) is 70.5 Å². The monoisotopic (exact) mass is 421 g/mol. The number of hydrogen-bond donors (Lipinski definition) is 1. The first-order valence-electron chi connectivity index (χ1n) is 9.37. The van der Waals surface area contributed by atoms with E-state index in [1.807, 2.05) is 38.1 Å². The van der Waals surface area contributed by atoms with E-state index in [4.69, 9.17) is 16.3 Å². The molecule has 0 unspecified atom stereocenters. The predicted octanol–water partition coefficient (Wildman–Crippen LogP) is 4.25. The first-order chi connectivity index (χ1) is 14.4. The number of nitrogens with one attached hydrogen (secondary N) is 1. The van der Waals surface area contributed by atoms with Gasteiger partial charge in [-0.25, -0.2) is 9.50 Å². The Morgan fingerprint density at radius 1 is 1.07 bits per heavy atom. The molecule has 8 heteroatoms. The summed E-state index contributed by atoms with van der Waals surface area (Å²) in [6, 6.07) is 14.5. The number of benzene rings is 2. The van der Waals surface area contributed by atoms with Gasteiger partial charge >= 0.3 is 0 Å². The van der Waals surface area contributed by atoms with Gasteiger partial charge in [0.15, 0.2) is 5.82 Å². The van der Waals surface area contributed by atoms with E-state index >= 15 is 0 Å². The minimum atomic E-state index is -0.139. The van der Waals surface area contributed by atoms with Crippen LogP contribution < -0.4 is 10.1 Å². The van der Waals surface area contributed by atoms with Gasteiger partial charge in [0.05, 0.1) is 13.5 Å². The maximum Gasteiger partial charge on any atom is 0.253 e. The number of anilines is 1. The first kappa shape index (κ1) is 19.8. The van der Waals surface area contributed by atoms with Crippen LogP contribution in [0.1, 0.15) is 17.0 Å². The van der Waals surface area contributed by atoms with E-state index in [1.165, 1.54) is 0 Å². The molecule has 1 N–H and O–H groups in total. The van der Waals surface area contributed by atoms with E-state index in [-0.39, 0.29) is 12.3 Å². The minimum Gasteiger partial charge on any atom is -0.497 e. The van der Waals surface area contributed by atoms with Crippen molar-refractivity contribution in [2.24, 2.45) is 0 Å². The van der Waals surface area contributed by atoms with Crippen molar-refractivity contribution in [3.63, 3.8) is 0 Å². The Balaban J connectivity index is 1.62. The summed E-state index contributed by atoms with van der Waals surface area (Å²) >= 11 is 5.89. The van der Waals surface area contributed by atoms with E-state index in [1.54, 1.807) is 35.9 Å². The summed E-state index contributed by atoms with van der Waals surface area (Å²) in [5.74, 6) is 1.69. The molecule has 30 heavy (non-hydrogen) atoms. The fraction of sp³-hybridized carbons (Fsp3) is 0.182. The number of rotatable bonds is 5. The van der Waals surface area contributed by atoms with Crippen molar-refractivity contribution >= 4 is 29.0 Å². The number of aromatic nitrogens is 4. The number of ether oxygens (including phenoxy) is 1. The Morgan fingerprint density at radius 3 is 2.43 bits per heavy atom. The van der Waals surface area contributed by atoms with Gasteiger partial charge < -0.3 is 10.1 Å². The van der Waals surface area contributed by atoms with Gasteiger partial charge in [0.25, 0.3) is 5.78 Å². The second-order valence-electron chi connectivity index (χ2n) is 6.87. The molecule has 0 bridgehead atoms. The lowest BCUT2D eigenvalue weighted by Crippen LogP contribution is -2.17. The Bertz CT molecular complexity index is 1220. The Kier molecular flexibility index (Phi) is 5.37. The molecule has 2 heterocycles. The molecular weight excluding hydrogens is 402 g/mol. The Labute approximate surface area is 178 Å². The van der Waals surface area contributed by atoms with Crippen LogP contribution in [0.15, 0.2) is 48.5 Å². The molecule has 7 nitrogen and oxygen atoms in total. The lowest BCUT2D eigenvalue weighted by Gasteiger charge is -2.11. The number of aryl methyl sites for hydroxylation is 2. The summed E-state index contributed by atoms with van der Waals surface area (Å²) in [4.78, 5) is 21.7. The van der Waals surface area contributed by atoms with Crippen LogP contribution in [0.25, 0.3) is 17.2 Å². The smallest absolute Gasteiger partial charge is 0.253 e. The van der Waals surface area contributed by atoms with Gasteiger partial charge in [0, 0.05) is 33.2 Å². The molecule has 1 amide bonds. The average Bonchev–Trinajstić information content (AvgIpc) is 3.17. The second kappa shape index (κ2) is 8.12. The topological polar surface area (TPSA) is 81.4 Å². The molecule has 0 fully saturated rings. The molecule has 0 aliphatic heterocycles. The van der Waals surface area contributed by atoms with Crippen molar-refractivity contribution in [2.45, 2.75) is 20.3 Å². The van der Waals surface area contributed by atoms with Crippen molar-refractivity contribution in [2.75, 3.05) is 12.4 Å². The van der Waals surface area contributed by atoms with Gasteiger partial charge in [-0.1, -0.05) is 11.6 Å². The van der Waals surface area contributed by atoms with E-state index in [2.05, 4.69) is 20.4 Å². The number of hydrogen-bond acceptors (Lipinski definition) is 5. The number of methoxy groups -OCH3 is 1. The molecule has 0 aliphatic carbocycles. The van der Waals surface area contributed by atoms with Crippen molar-refractivity contribution in [3.8, 4) is 17.1 Å². The van der Waals surface area contributed by atoms with Crippen molar-refractivity contribution in [1.29, 1.82) is 0 Å². The predicted molar refractivity (Wildman–Crippen MR) is 116 cm³/mol. The summed E-state index contributed by atoms with van der Waals surface area (Å²) in [7, 11) is 1.62. The highest BCUT2D eigenvalue weighted by atomic mass is 35.5. The molecule has 4 aromatic rings. The zero-order valence-electron chi connectivity index (χ0n) is 16.8. The SMILES string of the molecule is COc1ccc(-c2nc3nc(C)c(CC(=O)Nc4ccc(Cl)cc4)c(C)n3n2)cc1. The number of carbonyl (C=O) groups excluding carboxylic acids is 1. The van der Waals surface area contributed by atoms with Crippen LogP contribution in [-0.2, 0) is 11.2 Å². The van der Waals surface area contributed by atoms with E-state index in [9.17, 15) is 4.79 Å². The Hall–Kier alpha value is -3.45. The first-order valence-corrected chi connectivity index (χ1v) is 9.75. The maximum absolute atomic E-state index is 12.6. The molecule has 4 rings (SSSR count). The molecule has 0 saturated heterocycles. The third kappa shape index (κ3) is 3.97. The van der Waals surface area contributed by atoms with Gasteiger partial charge in [-0.15, -0.1) is 5.10 Å². The molecule has 2 aromatic carbocycles. The molecular formula is C22H20ClN5O2. The molecule has 0 atom stereocenters. The van der Waals surface area contributed by atoms with Gasteiger partial charge in [-0.3, -0.25) is 4.79 Å². The van der Waals surface area contributed by atoms with Crippen LogP contribution in [0.2, 0.25) is 5.02 Å². The highest BCUT2D eigenvalue weighted by Gasteiger charge is 2.17. The largest absolute Gasteiger partial charge is 0.497 e. The zero-order valence-corrected chi connectivity index (χ0v) is 17.6. The zero-order chi connectivity index (χ0) is 21.3. The quantitative estimate of drug-likeness (QED) is 0.521. The summed E-state index contributed by atoms with van der Waals surface area (Å²) in [6.45, 7) is 3.79. The molecule has 0 saturated carbocycles. The van der Waals surface area contributed by atoms with Crippen LogP contribution in [-0.4, -0.2) is 32.6 Å². The van der Waals surface area contributed by atoms with Crippen molar-refractivity contribution < 1.29 is 9.53 Å². The number of nitrogens with zero attached hydrogens (tertiary/aromatic N) is 4. The van der Waals surface area contributed by atoms with Crippen molar-refractivity contribution in [1.82, 2.24) is 19.6 Å². The van der Waals surface area contributed by atoms with Crippen LogP contribution in [0.5, 0.6) is 5.75 Å². The van der Waals surface area contributed by atoms with Gasteiger partial charge in [-0.2, -0.15) is 4.98 Å². The third-order valence-corrected chi connectivity index (χ3v) is 5.11. The lowest BCUT2D eigenvalue weighted by atomic mass is 10.1. The minimum absolute atomic E-state index is 0.139. The van der Waals surface area contributed by atoms with E-state index in [0.29, 0.717) is 22.3 Å². The molecule has 0 aliphatic rings. The normalized spacial score (nSPS) is 10.9. The number of fused-ring (bicyclic) bond motifs is 1. The standard InChI is InChI=1S/C22H20ClN5O2/c1-13-19(12-20(29)25-17-8-6-16(23)7-9-17)14(2)28-22(24-13)26-21(27-28)15-4-10-18(30-3)11-5-15/h4-11H,12H2,1-3H3,(H,25,29). The third-order valence-electron chi connectivity index (χ3n) is 4.86. The Morgan fingerprint density at radius 2 is 1.77 bits per heavy atom. The van der Waals surface area contributed by atoms with E-state index < -0.39 is 0 Å². The number of amides is 1. The van der Waals surface area contributed by atoms with E-state index in [0.717, 1.165) is 28.3 Å². The molecule has 0 spiro atoms. The highest BCUT2D eigenvalue weighted by Crippen LogP contribution is 2.22. The lowest BCUT2D eigenvalue weighted by molar-refractivity contribution is -0.115. The molecule has 0 radical (unpaired) electrons. The maximum atomic E-state index is 12.6. The second-order valence-corrected chi connectivity index (χ2v) is 7.31. The summed E-state index contributed by atoms with van der Waals surface area (Å²) in [5, 5.41) is 8.09. The van der Waals surface area contributed by atoms with Gasteiger partial charge in [-0.05, 0) is 62.4 Å². The van der Waals surface area contributed by atoms with Gasteiger partial charge in [0.1, 0.15) is 5.75 Å². The highest BCUT2D eigenvalue weighted by molar-refractivity contribution is 6.30. The number of carbonyl (C=O) groups is 1. The fourth-order valence-electron chi connectivity index (χ4n) is 3.23. The average molecular weight is 422 g/mol.